The number of hydrogen-bond acceptors (Lipinski definition) is 5. The lowest BCUT2D eigenvalue weighted by Gasteiger charge is -2.08. The van der Waals surface area contributed by atoms with Crippen molar-refractivity contribution in [3.05, 3.63) is 96.3 Å². The maximum Gasteiger partial charge on any atom is 0.321 e. The average molecular weight is 411 g/mol. The minimum Gasteiger partial charge on any atom is -0.497 e. The van der Waals surface area contributed by atoms with Gasteiger partial charge in [-0.25, -0.2) is 9.97 Å². The molecule has 31 heavy (non-hydrogen) atoms. The second kappa shape index (κ2) is 9.09. The van der Waals surface area contributed by atoms with Gasteiger partial charge in [-0.3, -0.25) is 4.79 Å². The van der Waals surface area contributed by atoms with E-state index in [0.29, 0.717) is 22.7 Å². The summed E-state index contributed by atoms with van der Waals surface area (Å²) in [5.41, 5.74) is 4.32. The van der Waals surface area contributed by atoms with Crippen molar-refractivity contribution in [2.75, 3.05) is 12.4 Å². The van der Waals surface area contributed by atoms with Crippen molar-refractivity contribution < 1.29 is 14.3 Å². The van der Waals surface area contributed by atoms with Gasteiger partial charge in [0.05, 0.1) is 7.11 Å². The van der Waals surface area contributed by atoms with Gasteiger partial charge in [-0.05, 0) is 48.9 Å². The van der Waals surface area contributed by atoms with E-state index < -0.39 is 0 Å². The monoisotopic (exact) mass is 411 g/mol. The van der Waals surface area contributed by atoms with Crippen LogP contribution in [0.5, 0.6) is 17.5 Å². The Balaban J connectivity index is 1.40. The van der Waals surface area contributed by atoms with Gasteiger partial charge in [0, 0.05) is 35.3 Å². The van der Waals surface area contributed by atoms with Crippen LogP contribution in [0.4, 0.5) is 5.69 Å². The fourth-order valence-corrected chi connectivity index (χ4v) is 2.95. The number of rotatable bonds is 6. The summed E-state index contributed by atoms with van der Waals surface area (Å²) >= 11 is 0. The Morgan fingerprint density at radius 3 is 2.23 bits per heavy atom. The summed E-state index contributed by atoms with van der Waals surface area (Å²) in [4.78, 5) is 21.0. The van der Waals surface area contributed by atoms with Crippen LogP contribution in [0.25, 0.3) is 11.1 Å². The first-order chi connectivity index (χ1) is 15.1. The predicted molar refractivity (Wildman–Crippen MR) is 120 cm³/mol. The van der Waals surface area contributed by atoms with Crippen molar-refractivity contribution in [3.63, 3.8) is 0 Å². The molecule has 1 N–H and O–H groups in total. The van der Waals surface area contributed by atoms with Crippen molar-refractivity contribution in [2.45, 2.75) is 6.92 Å². The highest BCUT2D eigenvalue weighted by atomic mass is 16.5. The van der Waals surface area contributed by atoms with Crippen LogP contribution < -0.4 is 14.8 Å². The molecule has 3 aromatic carbocycles. The smallest absolute Gasteiger partial charge is 0.321 e. The molecule has 1 heterocycles. The SMILES string of the molecule is COc1cccc(NC(=O)c2ccc(Oc3ncc(-c4ccc(C)cc4)cn3)cc2)c1. The summed E-state index contributed by atoms with van der Waals surface area (Å²) in [6.45, 7) is 2.05. The molecule has 6 nitrogen and oxygen atoms in total. The highest BCUT2D eigenvalue weighted by Crippen LogP contribution is 2.23. The van der Waals surface area contributed by atoms with Crippen LogP contribution in [-0.2, 0) is 0 Å². The van der Waals surface area contributed by atoms with Crippen LogP contribution in [0, 0.1) is 6.92 Å². The van der Waals surface area contributed by atoms with Crippen molar-refractivity contribution in [1.29, 1.82) is 0 Å². The molecule has 0 aliphatic carbocycles. The molecule has 0 bridgehead atoms. The Morgan fingerprint density at radius 2 is 1.55 bits per heavy atom. The van der Waals surface area contributed by atoms with Crippen LogP contribution in [0.3, 0.4) is 0 Å². The molecular weight excluding hydrogens is 390 g/mol. The number of nitrogens with one attached hydrogen (secondary N) is 1. The van der Waals surface area contributed by atoms with Gasteiger partial charge in [0.2, 0.25) is 0 Å². The molecule has 0 fully saturated rings. The number of amides is 1. The van der Waals surface area contributed by atoms with Gasteiger partial charge >= 0.3 is 6.01 Å². The number of anilines is 1. The molecule has 0 unspecified atom stereocenters. The fourth-order valence-electron chi connectivity index (χ4n) is 2.95. The minimum atomic E-state index is -0.224. The molecule has 0 aliphatic rings. The number of methoxy groups -OCH3 is 1. The van der Waals surface area contributed by atoms with Crippen molar-refractivity contribution >= 4 is 11.6 Å². The molecule has 6 heteroatoms. The Kier molecular flexibility index (Phi) is 5.89. The molecule has 0 aliphatic heterocycles. The van der Waals surface area contributed by atoms with Gasteiger partial charge in [-0.15, -0.1) is 0 Å². The number of nitrogens with zero attached hydrogens (tertiary/aromatic N) is 2. The predicted octanol–water partition coefficient (Wildman–Crippen LogP) is 5.51. The van der Waals surface area contributed by atoms with Gasteiger partial charge in [-0.1, -0.05) is 35.9 Å². The van der Waals surface area contributed by atoms with Crippen LogP contribution in [0.15, 0.2) is 85.2 Å². The van der Waals surface area contributed by atoms with Crippen LogP contribution >= 0.6 is 0 Å². The first-order valence-electron chi connectivity index (χ1n) is 9.73. The summed E-state index contributed by atoms with van der Waals surface area (Å²) in [5, 5.41) is 2.84. The normalized spacial score (nSPS) is 10.4. The van der Waals surface area contributed by atoms with E-state index in [1.54, 1.807) is 55.9 Å². The quantitative estimate of drug-likeness (QED) is 0.453. The number of carbonyl (C=O) groups is 1. The summed E-state index contributed by atoms with van der Waals surface area (Å²) < 4.78 is 10.9. The van der Waals surface area contributed by atoms with E-state index in [4.69, 9.17) is 9.47 Å². The van der Waals surface area contributed by atoms with Gasteiger partial charge < -0.3 is 14.8 Å². The topological polar surface area (TPSA) is 73.3 Å². The van der Waals surface area contributed by atoms with Crippen LogP contribution in [0.1, 0.15) is 15.9 Å². The molecule has 0 atom stereocenters. The maximum absolute atomic E-state index is 12.5. The minimum absolute atomic E-state index is 0.224. The van der Waals surface area contributed by atoms with Gasteiger partial charge in [0.15, 0.2) is 0 Å². The second-order valence-electron chi connectivity index (χ2n) is 6.93. The first-order valence-corrected chi connectivity index (χ1v) is 9.73. The molecule has 0 radical (unpaired) electrons. The zero-order chi connectivity index (χ0) is 21.6. The third kappa shape index (κ3) is 5.05. The van der Waals surface area contributed by atoms with Crippen LogP contribution in [0.2, 0.25) is 0 Å². The number of carbonyl (C=O) groups excluding carboxylic acids is 1. The maximum atomic E-state index is 12.5. The van der Waals surface area contributed by atoms with E-state index in [2.05, 4.69) is 15.3 Å². The van der Waals surface area contributed by atoms with Gasteiger partial charge in [-0.2, -0.15) is 0 Å². The summed E-state index contributed by atoms with van der Waals surface area (Å²) in [5.74, 6) is 0.995. The number of hydrogen-bond donors (Lipinski definition) is 1. The molecule has 0 saturated carbocycles. The highest BCUT2D eigenvalue weighted by molar-refractivity contribution is 6.04. The fraction of sp³-hybridized carbons (Fsp3) is 0.0800. The number of aromatic nitrogens is 2. The average Bonchev–Trinajstić information content (AvgIpc) is 2.81. The molecule has 154 valence electrons. The molecule has 0 spiro atoms. The van der Waals surface area contributed by atoms with E-state index in [9.17, 15) is 4.79 Å². The van der Waals surface area contributed by atoms with E-state index in [1.165, 1.54) is 5.56 Å². The lowest BCUT2D eigenvalue weighted by molar-refractivity contribution is 0.102. The third-order valence-corrected chi connectivity index (χ3v) is 4.67. The molecule has 0 saturated heterocycles. The summed E-state index contributed by atoms with van der Waals surface area (Å²) in [6, 6.07) is 22.4. The van der Waals surface area contributed by atoms with Crippen molar-refractivity contribution in [1.82, 2.24) is 9.97 Å². The zero-order valence-corrected chi connectivity index (χ0v) is 17.2. The van der Waals surface area contributed by atoms with E-state index in [1.807, 2.05) is 43.3 Å². The lowest BCUT2D eigenvalue weighted by atomic mass is 10.1. The Labute approximate surface area is 180 Å². The molecule has 4 rings (SSSR count). The van der Waals surface area contributed by atoms with E-state index in [-0.39, 0.29) is 11.9 Å². The Morgan fingerprint density at radius 1 is 0.839 bits per heavy atom. The molecule has 4 aromatic rings. The van der Waals surface area contributed by atoms with Gasteiger partial charge in [0.25, 0.3) is 5.91 Å². The Hall–Kier alpha value is -4.19. The third-order valence-electron chi connectivity index (χ3n) is 4.67. The molecule has 1 amide bonds. The first kappa shape index (κ1) is 20.1. The highest BCUT2D eigenvalue weighted by Gasteiger charge is 2.08. The summed E-state index contributed by atoms with van der Waals surface area (Å²) in [6.07, 6.45) is 3.45. The Bertz CT molecular complexity index is 1170. The van der Waals surface area contributed by atoms with Crippen molar-refractivity contribution in [2.24, 2.45) is 0 Å². The van der Waals surface area contributed by atoms with Crippen LogP contribution in [-0.4, -0.2) is 23.0 Å². The summed E-state index contributed by atoms with van der Waals surface area (Å²) in [7, 11) is 1.58. The number of benzene rings is 3. The largest absolute Gasteiger partial charge is 0.497 e. The van der Waals surface area contributed by atoms with Crippen molar-refractivity contribution in [3.8, 4) is 28.6 Å². The number of ether oxygens (including phenoxy) is 2. The second-order valence-corrected chi connectivity index (χ2v) is 6.93. The zero-order valence-electron chi connectivity index (χ0n) is 17.2. The lowest BCUT2D eigenvalue weighted by Crippen LogP contribution is -2.11. The molecular formula is C25H21N3O3. The van der Waals surface area contributed by atoms with E-state index >= 15 is 0 Å². The van der Waals surface area contributed by atoms with Gasteiger partial charge in [0.1, 0.15) is 11.5 Å². The number of aryl methyl sites for hydroxylation is 1. The standard InChI is InChI=1S/C25H21N3O3/c1-17-6-8-18(9-7-17)20-15-26-25(27-16-20)31-22-12-10-19(11-13-22)24(29)28-21-4-3-5-23(14-21)30-2/h3-16H,1-2H3,(H,28,29). The van der Waals surface area contributed by atoms with E-state index in [0.717, 1.165) is 11.1 Å². The molecule has 1 aromatic heterocycles.